The van der Waals surface area contributed by atoms with E-state index in [-0.39, 0.29) is 12.2 Å². The van der Waals surface area contributed by atoms with Gasteiger partial charge in [0.05, 0.1) is 18.9 Å². The maximum Gasteiger partial charge on any atom is 0.326 e. The van der Waals surface area contributed by atoms with Gasteiger partial charge in [-0.25, -0.2) is 4.79 Å². The highest BCUT2D eigenvalue weighted by atomic mass is 16.4. The molecule has 1 aromatic carbocycles. The minimum atomic E-state index is -1.70. The number of primary amides is 2. The second-order valence-corrected chi connectivity index (χ2v) is 8.00. The summed E-state index contributed by atoms with van der Waals surface area (Å²) >= 11 is 0. The number of nitrogens with two attached hydrogens (primary N) is 3. The van der Waals surface area contributed by atoms with Crippen molar-refractivity contribution in [3.8, 4) is 5.75 Å². The molecule has 5 amide bonds. The Hall–Kier alpha value is -4.24. The predicted molar refractivity (Wildman–Crippen MR) is 123 cm³/mol. The number of aromatic hydroxyl groups is 1. The Labute approximate surface area is 205 Å². The van der Waals surface area contributed by atoms with Gasteiger partial charge >= 0.3 is 5.97 Å². The van der Waals surface area contributed by atoms with Crippen molar-refractivity contribution in [2.75, 3.05) is 0 Å². The first-order valence-corrected chi connectivity index (χ1v) is 10.6. The minimum Gasteiger partial charge on any atom is -0.508 e. The second kappa shape index (κ2) is 13.6. The number of aliphatic hydroxyl groups excluding tert-OH is 1. The molecule has 0 spiro atoms. The van der Waals surface area contributed by atoms with Gasteiger partial charge < -0.3 is 48.5 Å². The third kappa shape index (κ3) is 9.94. The molecule has 5 atom stereocenters. The zero-order chi connectivity index (χ0) is 27.6. The SMILES string of the molecule is CC(O)C(N)C(=O)NC(CC(N)=O)C(=O)NC(Cc1ccc(O)cc1)C(=O)NC(CC(N)=O)C(=O)O. The van der Waals surface area contributed by atoms with E-state index in [1.165, 1.54) is 31.2 Å². The van der Waals surface area contributed by atoms with Crippen LogP contribution in [-0.2, 0) is 35.2 Å². The Bertz CT molecular complexity index is 983. The predicted octanol–water partition coefficient (Wildman–Crippen LogP) is -4.07. The molecule has 0 aliphatic heterocycles. The molecule has 0 bridgehead atoms. The van der Waals surface area contributed by atoms with Gasteiger partial charge in [0.1, 0.15) is 29.9 Å². The lowest BCUT2D eigenvalue weighted by molar-refractivity contribution is -0.143. The number of benzene rings is 1. The molecule has 1 aromatic rings. The van der Waals surface area contributed by atoms with Gasteiger partial charge in [-0.05, 0) is 24.6 Å². The molecule has 12 N–H and O–H groups in total. The Morgan fingerprint density at radius 2 is 1.25 bits per heavy atom. The average molecular weight is 511 g/mol. The first kappa shape index (κ1) is 29.8. The minimum absolute atomic E-state index is 0.0742. The summed E-state index contributed by atoms with van der Waals surface area (Å²) < 4.78 is 0. The molecule has 0 heterocycles. The van der Waals surface area contributed by atoms with Crippen LogP contribution in [0.1, 0.15) is 25.3 Å². The lowest BCUT2D eigenvalue weighted by atomic mass is 10.0. The number of carboxylic acids is 1. The molecule has 0 fully saturated rings. The van der Waals surface area contributed by atoms with Crippen LogP contribution in [0, 0.1) is 0 Å². The van der Waals surface area contributed by atoms with Gasteiger partial charge in [-0.3, -0.25) is 24.0 Å². The Morgan fingerprint density at radius 1 is 0.806 bits per heavy atom. The number of carbonyl (C=O) groups excluding carboxylic acids is 5. The number of hydrogen-bond acceptors (Lipinski definition) is 9. The first-order valence-electron chi connectivity index (χ1n) is 10.6. The summed E-state index contributed by atoms with van der Waals surface area (Å²) in [5.41, 5.74) is 16.1. The van der Waals surface area contributed by atoms with Crippen molar-refractivity contribution >= 4 is 35.5 Å². The normalized spacial score (nSPS) is 14.9. The van der Waals surface area contributed by atoms with Gasteiger partial charge in [-0.15, -0.1) is 0 Å². The molecule has 0 aliphatic carbocycles. The van der Waals surface area contributed by atoms with Gasteiger partial charge in [-0.1, -0.05) is 12.1 Å². The molecule has 0 saturated carbocycles. The van der Waals surface area contributed by atoms with Crippen LogP contribution in [0.25, 0.3) is 0 Å². The van der Waals surface area contributed by atoms with Crippen molar-refractivity contribution in [1.82, 2.24) is 16.0 Å². The van der Waals surface area contributed by atoms with Crippen molar-refractivity contribution < 1.29 is 44.1 Å². The van der Waals surface area contributed by atoms with E-state index in [9.17, 15) is 44.1 Å². The first-order chi connectivity index (χ1) is 16.7. The quantitative estimate of drug-likeness (QED) is 0.117. The van der Waals surface area contributed by atoms with Crippen molar-refractivity contribution in [2.45, 2.75) is 56.5 Å². The molecule has 15 heteroatoms. The van der Waals surface area contributed by atoms with Crippen LogP contribution >= 0.6 is 0 Å². The number of phenolic OH excluding ortho intramolecular Hbond substituents is 1. The summed E-state index contributed by atoms with van der Waals surface area (Å²) in [6.45, 7) is 1.23. The molecule has 198 valence electrons. The summed E-state index contributed by atoms with van der Waals surface area (Å²) in [6, 6.07) is -0.687. The Balaban J connectivity index is 3.19. The van der Waals surface area contributed by atoms with Crippen molar-refractivity contribution in [3.63, 3.8) is 0 Å². The number of aliphatic carboxylic acids is 1. The molecular formula is C21H30N6O9. The number of amides is 5. The summed E-state index contributed by atoms with van der Waals surface area (Å²) in [7, 11) is 0. The van der Waals surface area contributed by atoms with E-state index in [1.807, 2.05) is 0 Å². The summed E-state index contributed by atoms with van der Waals surface area (Å²) in [5, 5.41) is 34.8. The average Bonchev–Trinajstić information content (AvgIpc) is 2.77. The fraction of sp³-hybridized carbons (Fsp3) is 0.429. The molecule has 5 unspecified atom stereocenters. The fourth-order valence-electron chi connectivity index (χ4n) is 2.92. The monoisotopic (exact) mass is 510 g/mol. The maximum absolute atomic E-state index is 12.9. The number of phenols is 1. The lowest BCUT2D eigenvalue weighted by Gasteiger charge is -2.25. The summed E-state index contributed by atoms with van der Waals surface area (Å²) in [6.07, 6.45) is -2.91. The summed E-state index contributed by atoms with van der Waals surface area (Å²) in [4.78, 5) is 72.1. The van der Waals surface area contributed by atoms with Gasteiger partial charge in [0, 0.05) is 6.42 Å². The van der Waals surface area contributed by atoms with Crippen molar-refractivity contribution in [1.29, 1.82) is 0 Å². The highest BCUT2D eigenvalue weighted by Gasteiger charge is 2.32. The van der Waals surface area contributed by atoms with Crippen LogP contribution in [0.2, 0.25) is 0 Å². The standard InChI is InChI=1S/C21H30N6O9/c1-9(28)17(24)20(34)26-13(7-15(22)30)19(33)25-12(6-10-2-4-11(29)5-3-10)18(32)27-14(21(35)36)8-16(23)31/h2-5,9,12-14,17,28-29H,6-8,24H2,1H3,(H2,22,30)(H2,23,31)(H,25,33)(H,26,34)(H,27,32)(H,35,36). The lowest BCUT2D eigenvalue weighted by Crippen LogP contribution is -2.59. The molecule has 36 heavy (non-hydrogen) atoms. The molecule has 0 radical (unpaired) electrons. The smallest absolute Gasteiger partial charge is 0.326 e. The molecule has 0 aromatic heterocycles. The van der Waals surface area contributed by atoms with E-state index in [4.69, 9.17) is 17.2 Å². The molecule has 0 aliphatic rings. The van der Waals surface area contributed by atoms with Crippen LogP contribution in [0.4, 0.5) is 0 Å². The largest absolute Gasteiger partial charge is 0.508 e. The van der Waals surface area contributed by atoms with E-state index in [2.05, 4.69) is 16.0 Å². The Morgan fingerprint density at radius 3 is 1.72 bits per heavy atom. The summed E-state index contributed by atoms with van der Waals surface area (Å²) in [5.74, 6) is -6.64. The van der Waals surface area contributed by atoms with E-state index < -0.39 is 78.6 Å². The molecular weight excluding hydrogens is 480 g/mol. The molecule has 0 saturated heterocycles. The van der Waals surface area contributed by atoms with E-state index in [1.54, 1.807) is 0 Å². The molecule has 1 rings (SSSR count). The number of aliphatic hydroxyl groups is 1. The maximum atomic E-state index is 12.9. The number of carboxylic acid groups (broad SMARTS) is 1. The van der Waals surface area contributed by atoms with Crippen LogP contribution in [0.15, 0.2) is 24.3 Å². The van der Waals surface area contributed by atoms with Crippen LogP contribution < -0.4 is 33.2 Å². The van der Waals surface area contributed by atoms with Crippen LogP contribution in [0.5, 0.6) is 5.75 Å². The number of rotatable bonds is 14. The van der Waals surface area contributed by atoms with E-state index in [0.29, 0.717) is 5.56 Å². The van der Waals surface area contributed by atoms with Crippen molar-refractivity contribution in [3.05, 3.63) is 29.8 Å². The Kier molecular flexibility index (Phi) is 11.3. The molecule has 15 nitrogen and oxygen atoms in total. The van der Waals surface area contributed by atoms with E-state index >= 15 is 0 Å². The topological polar surface area (TPSA) is 277 Å². The van der Waals surface area contributed by atoms with Crippen LogP contribution in [-0.4, -0.2) is 81.1 Å². The third-order valence-electron chi connectivity index (χ3n) is 4.89. The third-order valence-corrected chi connectivity index (χ3v) is 4.89. The van der Waals surface area contributed by atoms with Gasteiger partial charge in [0.15, 0.2) is 0 Å². The van der Waals surface area contributed by atoms with Gasteiger partial charge in [-0.2, -0.15) is 0 Å². The second-order valence-electron chi connectivity index (χ2n) is 8.00. The highest BCUT2D eigenvalue weighted by molar-refractivity contribution is 5.96. The van der Waals surface area contributed by atoms with Gasteiger partial charge in [0.2, 0.25) is 29.5 Å². The number of nitrogens with one attached hydrogen (secondary N) is 3. The fourth-order valence-corrected chi connectivity index (χ4v) is 2.92. The number of carbonyl (C=O) groups is 6. The van der Waals surface area contributed by atoms with Crippen molar-refractivity contribution in [2.24, 2.45) is 17.2 Å². The number of hydrogen-bond donors (Lipinski definition) is 9. The van der Waals surface area contributed by atoms with Gasteiger partial charge in [0.25, 0.3) is 0 Å². The zero-order valence-electron chi connectivity index (χ0n) is 19.3. The van der Waals surface area contributed by atoms with E-state index in [0.717, 1.165) is 0 Å². The van der Waals surface area contributed by atoms with Crippen LogP contribution in [0.3, 0.4) is 0 Å². The highest BCUT2D eigenvalue weighted by Crippen LogP contribution is 2.12. The zero-order valence-corrected chi connectivity index (χ0v) is 19.3.